The molecule has 0 saturated carbocycles. The minimum Gasteiger partial charge on any atom is -0.388 e. The monoisotopic (exact) mass is 165 g/mol. The van der Waals surface area contributed by atoms with Gasteiger partial charge in [-0.15, -0.1) is 0 Å². The van der Waals surface area contributed by atoms with E-state index in [2.05, 4.69) is 4.98 Å². The average Bonchev–Trinajstić information content (AvgIpc) is 2.13. The predicted octanol–water partition coefficient (Wildman–Crippen LogP) is 0.804. The second-order valence-electron chi connectivity index (χ2n) is 2.77. The van der Waals surface area contributed by atoms with Gasteiger partial charge in [0.1, 0.15) is 0 Å². The first-order valence-electron chi connectivity index (χ1n) is 3.76. The molecule has 12 heavy (non-hydrogen) atoms. The van der Waals surface area contributed by atoms with E-state index in [1.807, 2.05) is 6.92 Å². The van der Waals surface area contributed by atoms with E-state index in [0.717, 1.165) is 5.56 Å². The number of rotatable bonds is 1. The van der Waals surface area contributed by atoms with Crippen molar-refractivity contribution in [2.45, 2.75) is 20.0 Å². The van der Waals surface area contributed by atoms with E-state index in [4.69, 9.17) is 0 Å². The summed E-state index contributed by atoms with van der Waals surface area (Å²) in [5.41, 5.74) is 0.899. The summed E-state index contributed by atoms with van der Waals surface area (Å²) in [6.45, 7) is 3.41. The van der Waals surface area contributed by atoms with Gasteiger partial charge in [0.15, 0.2) is 0 Å². The molecule has 0 bridgehead atoms. The molecule has 0 aromatic carbocycles. The van der Waals surface area contributed by atoms with Crippen LogP contribution in [0.4, 0.5) is 0 Å². The number of hydrogen-bond donors (Lipinski definition) is 1. The Labute approximate surface area is 70.7 Å². The van der Waals surface area contributed by atoms with Gasteiger partial charge < -0.3 is 5.11 Å². The molecule has 0 spiro atoms. The first-order chi connectivity index (χ1) is 5.61. The Morgan fingerprint density at radius 2 is 2.25 bits per heavy atom. The van der Waals surface area contributed by atoms with Gasteiger partial charge in [0.25, 0.3) is 5.56 Å². The van der Waals surface area contributed by atoms with Crippen LogP contribution in [0.3, 0.4) is 0 Å². The second kappa shape index (κ2) is 3.45. The lowest BCUT2D eigenvalue weighted by Crippen LogP contribution is -2.10. The number of nitrogens with zero attached hydrogens (tertiary/aromatic N) is 1. The van der Waals surface area contributed by atoms with Crippen LogP contribution in [0.25, 0.3) is 0 Å². The first-order valence-corrected chi connectivity index (χ1v) is 3.76. The third-order valence-electron chi connectivity index (χ3n) is 1.61. The normalized spacial score (nSPS) is 12.6. The molecule has 3 nitrogen and oxygen atoms in total. The molecule has 0 fully saturated rings. The number of aliphatic hydroxyl groups excluding tert-OH is 1. The first kappa shape index (κ1) is 8.87. The Kier molecular flexibility index (Phi) is 2.55. The SMILES string of the molecule is Cc1ccnc(=O)c(C(C)O)c1. The quantitative estimate of drug-likeness (QED) is 0.669. The van der Waals surface area contributed by atoms with Gasteiger partial charge in [0.05, 0.1) is 6.10 Å². The van der Waals surface area contributed by atoms with Crippen LogP contribution < -0.4 is 5.56 Å². The van der Waals surface area contributed by atoms with Gasteiger partial charge in [-0.1, -0.05) is 0 Å². The number of aliphatic hydroxyl groups is 1. The maximum atomic E-state index is 11.1. The fourth-order valence-corrected chi connectivity index (χ4v) is 0.951. The molecule has 1 heterocycles. The molecule has 1 aromatic rings. The second-order valence-corrected chi connectivity index (χ2v) is 2.77. The van der Waals surface area contributed by atoms with E-state index in [1.54, 1.807) is 19.1 Å². The van der Waals surface area contributed by atoms with Gasteiger partial charge in [-0.25, -0.2) is 4.98 Å². The summed E-state index contributed by atoms with van der Waals surface area (Å²) in [7, 11) is 0. The third-order valence-corrected chi connectivity index (χ3v) is 1.61. The summed E-state index contributed by atoms with van der Waals surface area (Å²) in [5.74, 6) is 0. The highest BCUT2D eigenvalue weighted by Crippen LogP contribution is 2.06. The van der Waals surface area contributed by atoms with Gasteiger partial charge in [0, 0.05) is 11.8 Å². The maximum Gasteiger partial charge on any atom is 0.275 e. The fraction of sp³-hybridized carbons (Fsp3) is 0.333. The lowest BCUT2D eigenvalue weighted by atomic mass is 10.1. The van der Waals surface area contributed by atoms with Crippen LogP contribution in [-0.4, -0.2) is 10.1 Å². The number of aromatic nitrogens is 1. The van der Waals surface area contributed by atoms with Crippen LogP contribution in [-0.2, 0) is 0 Å². The largest absolute Gasteiger partial charge is 0.388 e. The van der Waals surface area contributed by atoms with Crippen molar-refractivity contribution in [2.24, 2.45) is 0 Å². The molecule has 0 saturated heterocycles. The summed E-state index contributed by atoms with van der Waals surface area (Å²) in [4.78, 5) is 14.7. The minimum absolute atomic E-state index is 0.345. The van der Waals surface area contributed by atoms with E-state index in [1.165, 1.54) is 6.20 Å². The summed E-state index contributed by atoms with van der Waals surface area (Å²) in [6, 6.07) is 3.38. The van der Waals surface area contributed by atoms with E-state index in [9.17, 15) is 9.90 Å². The number of hydrogen-bond acceptors (Lipinski definition) is 3. The van der Waals surface area contributed by atoms with Crippen molar-refractivity contribution in [3.05, 3.63) is 39.8 Å². The average molecular weight is 165 g/mol. The predicted molar refractivity (Wildman–Crippen MR) is 45.9 cm³/mol. The zero-order valence-corrected chi connectivity index (χ0v) is 7.11. The van der Waals surface area contributed by atoms with E-state index in [0.29, 0.717) is 5.56 Å². The molecular formula is C9H11NO2. The highest BCUT2D eigenvalue weighted by atomic mass is 16.3. The molecule has 0 radical (unpaired) electrons. The van der Waals surface area contributed by atoms with E-state index < -0.39 is 6.10 Å². The highest BCUT2D eigenvalue weighted by molar-refractivity contribution is 5.18. The van der Waals surface area contributed by atoms with Gasteiger partial charge >= 0.3 is 0 Å². The standard InChI is InChI=1S/C9H11NO2/c1-6-3-4-10-9(12)8(5-6)7(2)11/h3-5,7,11H,1-2H3. The number of aryl methyl sites for hydroxylation is 1. The topological polar surface area (TPSA) is 50.2 Å². The van der Waals surface area contributed by atoms with Crippen molar-refractivity contribution in [3.63, 3.8) is 0 Å². The summed E-state index contributed by atoms with van der Waals surface area (Å²) < 4.78 is 0. The Morgan fingerprint density at radius 3 is 2.83 bits per heavy atom. The summed E-state index contributed by atoms with van der Waals surface area (Å²) >= 11 is 0. The summed E-state index contributed by atoms with van der Waals surface area (Å²) in [5, 5.41) is 9.20. The minimum atomic E-state index is -0.754. The molecule has 0 aliphatic heterocycles. The Morgan fingerprint density at radius 1 is 1.58 bits per heavy atom. The van der Waals surface area contributed by atoms with Crippen molar-refractivity contribution >= 4 is 0 Å². The Hall–Kier alpha value is -1.22. The zero-order valence-electron chi connectivity index (χ0n) is 7.11. The lowest BCUT2D eigenvalue weighted by molar-refractivity contribution is 0.198. The molecule has 1 N–H and O–H groups in total. The fourth-order valence-electron chi connectivity index (χ4n) is 0.951. The van der Waals surface area contributed by atoms with Crippen LogP contribution in [0.15, 0.2) is 23.1 Å². The van der Waals surface area contributed by atoms with Gasteiger partial charge in [0.2, 0.25) is 0 Å². The lowest BCUT2D eigenvalue weighted by Gasteiger charge is -1.98. The Bertz CT molecular complexity index is 334. The molecule has 1 unspecified atom stereocenters. The van der Waals surface area contributed by atoms with Gasteiger partial charge in [-0.05, 0) is 31.5 Å². The maximum absolute atomic E-state index is 11.1. The third kappa shape index (κ3) is 1.89. The molecule has 1 atom stereocenters. The van der Waals surface area contributed by atoms with Crippen LogP contribution >= 0.6 is 0 Å². The van der Waals surface area contributed by atoms with Gasteiger partial charge in [-0.3, -0.25) is 4.79 Å². The summed E-state index contributed by atoms with van der Waals surface area (Å²) in [6.07, 6.45) is 0.694. The van der Waals surface area contributed by atoms with Crippen molar-refractivity contribution in [1.29, 1.82) is 0 Å². The molecule has 0 aliphatic rings. The zero-order chi connectivity index (χ0) is 9.14. The van der Waals surface area contributed by atoms with E-state index >= 15 is 0 Å². The van der Waals surface area contributed by atoms with Crippen LogP contribution in [0, 0.1) is 6.92 Å². The highest BCUT2D eigenvalue weighted by Gasteiger charge is 2.04. The van der Waals surface area contributed by atoms with Gasteiger partial charge in [-0.2, -0.15) is 0 Å². The Balaban J connectivity index is 3.39. The molecular weight excluding hydrogens is 154 g/mol. The van der Waals surface area contributed by atoms with Crippen molar-refractivity contribution < 1.29 is 5.11 Å². The smallest absolute Gasteiger partial charge is 0.275 e. The molecule has 3 heteroatoms. The van der Waals surface area contributed by atoms with Crippen LogP contribution in [0.2, 0.25) is 0 Å². The van der Waals surface area contributed by atoms with Crippen LogP contribution in [0.1, 0.15) is 24.2 Å². The molecule has 0 amide bonds. The molecule has 1 rings (SSSR count). The van der Waals surface area contributed by atoms with Crippen LogP contribution in [0.5, 0.6) is 0 Å². The molecule has 0 aliphatic carbocycles. The van der Waals surface area contributed by atoms with Crippen molar-refractivity contribution in [2.75, 3.05) is 0 Å². The van der Waals surface area contributed by atoms with E-state index in [-0.39, 0.29) is 5.56 Å². The van der Waals surface area contributed by atoms with Crippen molar-refractivity contribution in [3.8, 4) is 0 Å². The van der Waals surface area contributed by atoms with Crippen molar-refractivity contribution in [1.82, 2.24) is 4.98 Å². The molecule has 1 aromatic heterocycles. The molecule has 64 valence electrons.